The second-order valence-electron chi connectivity index (χ2n) is 5.57. The van der Waals surface area contributed by atoms with E-state index in [1.165, 1.54) is 0 Å². The SMILES string of the molecule is C#CCOc1cc(CNC(=NC)NCc2ccccc2OC)ccc1OC. The molecule has 2 rings (SSSR count). The van der Waals surface area contributed by atoms with Crippen LogP contribution in [-0.4, -0.2) is 33.8 Å². The minimum atomic E-state index is 0.190. The van der Waals surface area contributed by atoms with Crippen molar-refractivity contribution in [3.05, 3.63) is 53.6 Å². The molecule has 2 N–H and O–H groups in total. The minimum absolute atomic E-state index is 0.190. The monoisotopic (exact) mass is 367 g/mol. The molecule has 6 nitrogen and oxygen atoms in total. The maximum atomic E-state index is 5.53. The van der Waals surface area contributed by atoms with Gasteiger partial charge < -0.3 is 24.8 Å². The van der Waals surface area contributed by atoms with Crippen molar-refractivity contribution in [3.8, 4) is 29.6 Å². The van der Waals surface area contributed by atoms with Gasteiger partial charge in [-0.15, -0.1) is 6.42 Å². The number of nitrogens with one attached hydrogen (secondary N) is 2. The average molecular weight is 367 g/mol. The molecular formula is C21H25N3O3. The maximum Gasteiger partial charge on any atom is 0.191 e. The predicted molar refractivity (Wildman–Crippen MR) is 107 cm³/mol. The number of hydrogen-bond donors (Lipinski definition) is 2. The van der Waals surface area contributed by atoms with E-state index in [2.05, 4.69) is 21.5 Å². The van der Waals surface area contributed by atoms with Crippen molar-refractivity contribution in [2.24, 2.45) is 4.99 Å². The van der Waals surface area contributed by atoms with Gasteiger partial charge in [0.25, 0.3) is 0 Å². The summed E-state index contributed by atoms with van der Waals surface area (Å²) in [6.07, 6.45) is 5.26. The molecule has 0 aliphatic carbocycles. The zero-order valence-corrected chi connectivity index (χ0v) is 15.9. The number of guanidine groups is 1. The zero-order chi connectivity index (χ0) is 19.5. The molecular weight excluding hydrogens is 342 g/mol. The topological polar surface area (TPSA) is 64.1 Å². The molecule has 2 aromatic rings. The Bertz CT molecular complexity index is 813. The van der Waals surface area contributed by atoms with Crippen LogP contribution < -0.4 is 24.8 Å². The highest BCUT2D eigenvalue weighted by Gasteiger charge is 2.07. The summed E-state index contributed by atoms with van der Waals surface area (Å²) in [6.45, 7) is 1.36. The Labute approximate surface area is 160 Å². The lowest BCUT2D eigenvalue weighted by Gasteiger charge is -2.15. The van der Waals surface area contributed by atoms with Crippen LogP contribution >= 0.6 is 0 Å². The first-order chi connectivity index (χ1) is 13.2. The van der Waals surface area contributed by atoms with Crippen LogP contribution in [0.15, 0.2) is 47.5 Å². The van der Waals surface area contributed by atoms with Crippen LogP contribution in [-0.2, 0) is 13.1 Å². The van der Waals surface area contributed by atoms with Crippen molar-refractivity contribution >= 4 is 5.96 Å². The second kappa shape index (κ2) is 10.6. The van der Waals surface area contributed by atoms with E-state index >= 15 is 0 Å². The van der Waals surface area contributed by atoms with Gasteiger partial charge in [0.05, 0.1) is 14.2 Å². The predicted octanol–water partition coefficient (Wildman–Crippen LogP) is 2.58. The highest BCUT2D eigenvalue weighted by Crippen LogP contribution is 2.28. The van der Waals surface area contributed by atoms with E-state index in [0.717, 1.165) is 16.9 Å². The molecule has 0 spiro atoms. The molecule has 0 atom stereocenters. The molecule has 0 unspecified atom stereocenters. The van der Waals surface area contributed by atoms with Crippen LogP contribution in [0, 0.1) is 12.3 Å². The third-order valence-corrected chi connectivity index (χ3v) is 3.86. The molecule has 0 aromatic heterocycles. The summed E-state index contributed by atoms with van der Waals surface area (Å²) in [6, 6.07) is 13.6. The van der Waals surface area contributed by atoms with Crippen LogP contribution in [0.4, 0.5) is 0 Å². The van der Waals surface area contributed by atoms with Crippen molar-refractivity contribution < 1.29 is 14.2 Å². The molecule has 0 fully saturated rings. The molecule has 0 bridgehead atoms. The van der Waals surface area contributed by atoms with E-state index in [4.69, 9.17) is 20.6 Å². The van der Waals surface area contributed by atoms with Gasteiger partial charge >= 0.3 is 0 Å². The smallest absolute Gasteiger partial charge is 0.191 e. The lowest BCUT2D eigenvalue weighted by molar-refractivity contribution is 0.330. The minimum Gasteiger partial charge on any atom is -0.496 e. The molecule has 0 amide bonds. The molecule has 0 radical (unpaired) electrons. The van der Waals surface area contributed by atoms with Gasteiger partial charge in [0, 0.05) is 25.7 Å². The summed E-state index contributed by atoms with van der Waals surface area (Å²) in [5.74, 6) is 5.24. The number of terminal acetylenes is 1. The number of methoxy groups -OCH3 is 2. The van der Waals surface area contributed by atoms with Crippen molar-refractivity contribution in [3.63, 3.8) is 0 Å². The van der Waals surface area contributed by atoms with E-state index in [-0.39, 0.29) is 6.61 Å². The zero-order valence-electron chi connectivity index (χ0n) is 15.9. The van der Waals surface area contributed by atoms with Crippen LogP contribution in [0.1, 0.15) is 11.1 Å². The summed E-state index contributed by atoms with van der Waals surface area (Å²) in [5.41, 5.74) is 2.07. The number of ether oxygens (including phenoxy) is 3. The Balaban J connectivity index is 1.96. The average Bonchev–Trinajstić information content (AvgIpc) is 2.72. The van der Waals surface area contributed by atoms with E-state index in [1.807, 2.05) is 42.5 Å². The lowest BCUT2D eigenvalue weighted by atomic mass is 10.2. The van der Waals surface area contributed by atoms with Crippen molar-refractivity contribution in [1.29, 1.82) is 0 Å². The summed E-state index contributed by atoms with van der Waals surface area (Å²) in [5, 5.41) is 6.55. The number of nitrogens with zero attached hydrogens (tertiary/aromatic N) is 1. The molecule has 0 aliphatic heterocycles. The number of hydrogen-bond acceptors (Lipinski definition) is 4. The normalized spacial score (nSPS) is 10.7. The number of benzene rings is 2. The van der Waals surface area contributed by atoms with Crippen molar-refractivity contribution in [2.45, 2.75) is 13.1 Å². The highest BCUT2D eigenvalue weighted by atomic mass is 16.5. The van der Waals surface area contributed by atoms with Gasteiger partial charge in [0.1, 0.15) is 12.4 Å². The summed E-state index contributed by atoms with van der Waals surface area (Å²) in [4.78, 5) is 4.25. The van der Waals surface area contributed by atoms with Crippen LogP contribution in [0.25, 0.3) is 0 Å². The number of para-hydroxylation sites is 1. The fourth-order valence-corrected chi connectivity index (χ4v) is 2.50. The largest absolute Gasteiger partial charge is 0.496 e. The Kier molecular flexibility index (Phi) is 7.86. The fraction of sp³-hybridized carbons (Fsp3) is 0.286. The van der Waals surface area contributed by atoms with Crippen molar-refractivity contribution in [2.75, 3.05) is 27.9 Å². The molecule has 0 saturated carbocycles. The first-order valence-electron chi connectivity index (χ1n) is 8.51. The Morgan fingerprint density at radius 1 is 1.00 bits per heavy atom. The Morgan fingerprint density at radius 2 is 1.74 bits per heavy atom. The molecule has 2 aromatic carbocycles. The Hall–Kier alpha value is -3.33. The summed E-state index contributed by atoms with van der Waals surface area (Å²) >= 11 is 0. The molecule has 0 heterocycles. The van der Waals surface area contributed by atoms with E-state index in [9.17, 15) is 0 Å². The van der Waals surface area contributed by atoms with Gasteiger partial charge in [-0.2, -0.15) is 0 Å². The van der Waals surface area contributed by atoms with Crippen molar-refractivity contribution in [1.82, 2.24) is 10.6 Å². The molecule has 0 saturated heterocycles. The quantitative estimate of drug-likeness (QED) is 0.427. The highest BCUT2D eigenvalue weighted by molar-refractivity contribution is 5.79. The first kappa shape index (κ1) is 20.0. The fourth-order valence-electron chi connectivity index (χ4n) is 2.50. The molecule has 0 aliphatic rings. The third kappa shape index (κ3) is 5.86. The third-order valence-electron chi connectivity index (χ3n) is 3.86. The number of rotatable bonds is 8. The molecule has 142 valence electrons. The van der Waals surface area contributed by atoms with E-state index in [0.29, 0.717) is 30.5 Å². The van der Waals surface area contributed by atoms with Gasteiger partial charge in [0.15, 0.2) is 17.5 Å². The Morgan fingerprint density at radius 3 is 2.44 bits per heavy atom. The first-order valence-corrected chi connectivity index (χ1v) is 8.51. The van der Waals surface area contributed by atoms with Gasteiger partial charge in [0.2, 0.25) is 0 Å². The summed E-state index contributed by atoms with van der Waals surface area (Å²) in [7, 11) is 4.99. The lowest BCUT2D eigenvalue weighted by Crippen LogP contribution is -2.36. The standard InChI is InChI=1S/C21H25N3O3/c1-5-12-27-20-13-16(10-11-19(20)26-4)14-23-21(22-2)24-15-17-8-6-7-9-18(17)25-3/h1,6-11,13H,12,14-15H2,2-4H3,(H2,22,23,24). The van der Waals surface area contributed by atoms with Gasteiger partial charge in [-0.3, -0.25) is 4.99 Å². The second-order valence-corrected chi connectivity index (χ2v) is 5.57. The molecule has 6 heteroatoms. The maximum absolute atomic E-state index is 5.53. The number of aliphatic imine (C=N–C) groups is 1. The van der Waals surface area contributed by atoms with Gasteiger partial charge in [-0.25, -0.2) is 0 Å². The van der Waals surface area contributed by atoms with Crippen LogP contribution in [0.2, 0.25) is 0 Å². The summed E-state index contributed by atoms with van der Waals surface area (Å²) < 4.78 is 16.2. The van der Waals surface area contributed by atoms with E-state index < -0.39 is 0 Å². The van der Waals surface area contributed by atoms with Gasteiger partial charge in [-0.1, -0.05) is 30.2 Å². The van der Waals surface area contributed by atoms with Crippen LogP contribution in [0.3, 0.4) is 0 Å². The van der Waals surface area contributed by atoms with E-state index in [1.54, 1.807) is 21.3 Å². The van der Waals surface area contributed by atoms with Crippen LogP contribution in [0.5, 0.6) is 17.2 Å². The molecule has 27 heavy (non-hydrogen) atoms. The van der Waals surface area contributed by atoms with Gasteiger partial charge in [-0.05, 0) is 23.8 Å².